The molecule has 2 spiro atoms. The minimum atomic E-state index is -0.625. The van der Waals surface area contributed by atoms with E-state index in [-0.39, 0.29) is 0 Å². The standard InChI is InChI=1S/C74H46N2/c1-2-23-47(24-3-1)48-25-4-5-26-49(48)52-29-10-17-42-65(52)75(68-45-21-39-62-70(68)55-31-8-14-36-59(55)73(62)57-34-12-6-27-50(57)51-28-7-13-35-58(51)73)69-46-22-40-63-71(69)56-32-9-15-37-60(56)74(63)61-38-16-19-44-67(61)76-66-43-18-11-30-53(66)54-33-20-41-64(74)72(54)76/h1-46H. The van der Waals surface area contributed by atoms with Crippen molar-refractivity contribution >= 4 is 38.9 Å². The molecule has 0 saturated heterocycles. The van der Waals surface area contributed by atoms with Gasteiger partial charge in [-0.15, -0.1) is 0 Å². The van der Waals surface area contributed by atoms with Gasteiger partial charge in [0, 0.05) is 27.5 Å². The first kappa shape index (κ1) is 41.7. The third-order valence-corrected chi connectivity index (χ3v) is 17.6. The number of anilines is 3. The molecule has 0 fully saturated rings. The molecule has 2 heteroatoms. The summed E-state index contributed by atoms with van der Waals surface area (Å²) in [5, 5.41) is 2.55. The maximum absolute atomic E-state index is 2.65. The number of aromatic nitrogens is 1. The Bertz CT molecular complexity index is 4570. The minimum Gasteiger partial charge on any atom is -0.309 e. The Kier molecular flexibility index (Phi) is 8.44. The number of rotatable bonds is 5. The maximum atomic E-state index is 2.65. The molecule has 17 rings (SSSR count). The predicted octanol–water partition coefficient (Wildman–Crippen LogP) is 18.6. The Morgan fingerprint density at radius 3 is 1.30 bits per heavy atom. The Labute approximate surface area is 441 Å². The van der Waals surface area contributed by atoms with Gasteiger partial charge in [0.1, 0.15) is 0 Å². The summed E-state index contributed by atoms with van der Waals surface area (Å²) in [5.74, 6) is 0. The first-order valence-corrected chi connectivity index (χ1v) is 26.6. The summed E-state index contributed by atoms with van der Waals surface area (Å²) < 4.78 is 2.54. The number of hydrogen-bond acceptors (Lipinski definition) is 1. The van der Waals surface area contributed by atoms with E-state index >= 15 is 0 Å². The molecule has 12 aromatic carbocycles. The second kappa shape index (κ2) is 15.4. The molecule has 1 aromatic heterocycles. The van der Waals surface area contributed by atoms with Crippen LogP contribution in [0.1, 0.15) is 44.5 Å². The fraction of sp³-hybridized carbons (Fsp3) is 0.0270. The largest absolute Gasteiger partial charge is 0.309 e. The second-order valence-corrected chi connectivity index (χ2v) is 20.9. The van der Waals surface area contributed by atoms with Gasteiger partial charge in [0.25, 0.3) is 0 Å². The van der Waals surface area contributed by atoms with E-state index in [4.69, 9.17) is 0 Å². The van der Waals surface area contributed by atoms with Crippen molar-refractivity contribution < 1.29 is 0 Å². The van der Waals surface area contributed by atoms with Crippen LogP contribution in [0.15, 0.2) is 279 Å². The zero-order chi connectivity index (χ0) is 49.7. The molecule has 1 atom stereocenters. The highest BCUT2D eigenvalue weighted by molar-refractivity contribution is 6.14. The molecule has 13 aromatic rings. The van der Waals surface area contributed by atoms with E-state index in [9.17, 15) is 0 Å². The number of para-hydroxylation sites is 4. The first-order chi connectivity index (χ1) is 37.8. The van der Waals surface area contributed by atoms with E-state index in [1.807, 2.05) is 0 Å². The summed E-state index contributed by atoms with van der Waals surface area (Å²) in [7, 11) is 0. The van der Waals surface area contributed by atoms with Crippen molar-refractivity contribution in [3.05, 3.63) is 324 Å². The van der Waals surface area contributed by atoms with Crippen LogP contribution in [0.5, 0.6) is 0 Å². The number of hydrogen-bond donors (Lipinski definition) is 0. The molecule has 0 bridgehead atoms. The molecule has 352 valence electrons. The summed E-state index contributed by atoms with van der Waals surface area (Å²) in [5.41, 5.74) is 28.8. The summed E-state index contributed by atoms with van der Waals surface area (Å²) in [6, 6.07) is 105. The van der Waals surface area contributed by atoms with E-state index < -0.39 is 10.8 Å². The molecule has 1 unspecified atom stereocenters. The van der Waals surface area contributed by atoms with Crippen molar-refractivity contribution in [3.8, 4) is 61.3 Å². The van der Waals surface area contributed by atoms with E-state index in [0.717, 1.165) is 22.6 Å². The van der Waals surface area contributed by atoms with Gasteiger partial charge in [0.05, 0.1) is 44.6 Å². The van der Waals surface area contributed by atoms with Crippen LogP contribution in [0.4, 0.5) is 17.1 Å². The predicted molar refractivity (Wildman–Crippen MR) is 313 cm³/mol. The molecule has 0 amide bonds. The maximum Gasteiger partial charge on any atom is 0.0755 e. The van der Waals surface area contributed by atoms with Gasteiger partial charge in [0.15, 0.2) is 0 Å². The van der Waals surface area contributed by atoms with Gasteiger partial charge in [-0.3, -0.25) is 0 Å². The first-order valence-electron chi connectivity index (χ1n) is 26.6. The van der Waals surface area contributed by atoms with Crippen LogP contribution in [0.25, 0.3) is 83.1 Å². The third-order valence-electron chi connectivity index (χ3n) is 17.6. The van der Waals surface area contributed by atoms with Gasteiger partial charge >= 0.3 is 0 Å². The van der Waals surface area contributed by atoms with Crippen molar-refractivity contribution in [2.75, 3.05) is 4.90 Å². The fourth-order valence-electron chi connectivity index (χ4n) is 15.0. The normalized spacial score (nSPS) is 15.3. The van der Waals surface area contributed by atoms with Crippen LogP contribution in [-0.2, 0) is 10.8 Å². The van der Waals surface area contributed by atoms with Crippen LogP contribution in [0.2, 0.25) is 0 Å². The van der Waals surface area contributed by atoms with Gasteiger partial charge in [-0.1, -0.05) is 249 Å². The summed E-state index contributed by atoms with van der Waals surface area (Å²) >= 11 is 0. The summed E-state index contributed by atoms with van der Waals surface area (Å²) in [4.78, 5) is 2.65. The molecule has 2 nitrogen and oxygen atoms in total. The monoisotopic (exact) mass is 962 g/mol. The van der Waals surface area contributed by atoms with Crippen LogP contribution >= 0.6 is 0 Å². The van der Waals surface area contributed by atoms with E-state index in [1.165, 1.54) is 122 Å². The van der Waals surface area contributed by atoms with Gasteiger partial charge < -0.3 is 9.47 Å². The summed E-state index contributed by atoms with van der Waals surface area (Å²) in [6.45, 7) is 0. The summed E-state index contributed by atoms with van der Waals surface area (Å²) in [6.07, 6.45) is 0. The molecule has 76 heavy (non-hydrogen) atoms. The smallest absolute Gasteiger partial charge is 0.0755 e. The van der Waals surface area contributed by atoms with Crippen LogP contribution in [0, 0.1) is 0 Å². The molecule has 0 N–H and O–H groups in total. The van der Waals surface area contributed by atoms with Crippen LogP contribution < -0.4 is 4.90 Å². The molecule has 0 saturated carbocycles. The SMILES string of the molecule is c1ccc(-c2ccccc2-c2ccccc2N(c2cccc3c2-c2ccccc2C32c3ccccc3-c3ccccc32)c2cccc3c2-c2ccccc2C32c3ccccc3-n3c4ccccc4c4cccc2c43)cc1. The van der Waals surface area contributed by atoms with Crippen LogP contribution in [0.3, 0.4) is 0 Å². The highest BCUT2D eigenvalue weighted by Gasteiger charge is 2.54. The Hall–Kier alpha value is -9.76. The Balaban J connectivity index is 1.01. The highest BCUT2D eigenvalue weighted by Crippen LogP contribution is 2.67. The van der Waals surface area contributed by atoms with Crippen LogP contribution in [-0.4, -0.2) is 4.57 Å². The van der Waals surface area contributed by atoms with Crippen molar-refractivity contribution in [3.63, 3.8) is 0 Å². The third kappa shape index (κ3) is 5.11. The second-order valence-electron chi connectivity index (χ2n) is 20.9. The fourth-order valence-corrected chi connectivity index (χ4v) is 15.0. The van der Waals surface area contributed by atoms with Crippen molar-refractivity contribution in [1.82, 2.24) is 4.57 Å². The average Bonchev–Trinajstić information content (AvgIpc) is 4.39. The van der Waals surface area contributed by atoms with Crippen molar-refractivity contribution in [2.45, 2.75) is 10.8 Å². The zero-order valence-corrected chi connectivity index (χ0v) is 41.5. The van der Waals surface area contributed by atoms with E-state index in [1.54, 1.807) is 0 Å². The van der Waals surface area contributed by atoms with Gasteiger partial charge in [-0.2, -0.15) is 0 Å². The quantitative estimate of drug-likeness (QED) is 0.167. The molecule has 1 aliphatic heterocycles. The number of fused-ring (bicyclic) bond motifs is 22. The lowest BCUT2D eigenvalue weighted by molar-refractivity contribution is 0.748. The van der Waals surface area contributed by atoms with E-state index in [2.05, 4.69) is 289 Å². The lowest BCUT2D eigenvalue weighted by Gasteiger charge is -2.40. The van der Waals surface area contributed by atoms with Gasteiger partial charge in [-0.25, -0.2) is 0 Å². The average molecular weight is 963 g/mol. The molecule has 4 aliphatic rings. The highest BCUT2D eigenvalue weighted by atomic mass is 15.2. The number of nitrogens with zero attached hydrogens (tertiary/aromatic N) is 2. The van der Waals surface area contributed by atoms with Gasteiger partial charge in [0.2, 0.25) is 0 Å². The molecular formula is C74H46N2. The molecule has 3 aliphatic carbocycles. The molecular weight excluding hydrogens is 917 g/mol. The lowest BCUT2D eigenvalue weighted by atomic mass is 9.65. The number of benzene rings is 12. The zero-order valence-electron chi connectivity index (χ0n) is 41.5. The Morgan fingerprint density at radius 1 is 0.250 bits per heavy atom. The van der Waals surface area contributed by atoms with Crippen molar-refractivity contribution in [1.29, 1.82) is 0 Å². The lowest BCUT2D eigenvalue weighted by Crippen LogP contribution is -2.33. The van der Waals surface area contributed by atoms with E-state index in [0.29, 0.717) is 0 Å². The Morgan fingerprint density at radius 2 is 0.658 bits per heavy atom. The minimum absolute atomic E-state index is 0.515. The topological polar surface area (TPSA) is 8.17 Å². The molecule has 0 radical (unpaired) electrons. The van der Waals surface area contributed by atoms with Gasteiger partial charge in [-0.05, 0) is 114 Å². The van der Waals surface area contributed by atoms with Crippen molar-refractivity contribution in [2.24, 2.45) is 0 Å². The molecule has 2 heterocycles.